The van der Waals surface area contributed by atoms with Crippen LogP contribution >= 0.6 is 0 Å². The Morgan fingerprint density at radius 1 is 0.972 bits per heavy atom. The lowest BCUT2D eigenvalue weighted by Crippen LogP contribution is -2.35. The van der Waals surface area contributed by atoms with Gasteiger partial charge in [-0.25, -0.2) is 0 Å². The molecule has 2 heterocycles. The predicted molar refractivity (Wildman–Crippen MR) is 139 cm³/mol. The van der Waals surface area contributed by atoms with E-state index in [1.807, 2.05) is 65.6 Å². The summed E-state index contributed by atoms with van der Waals surface area (Å²) in [6, 6.07) is 26.8. The van der Waals surface area contributed by atoms with Crippen molar-refractivity contribution in [3.05, 3.63) is 107 Å². The number of methoxy groups -OCH3 is 1. The number of anilines is 1. The van der Waals surface area contributed by atoms with Gasteiger partial charge in [0.15, 0.2) is 0 Å². The largest absolute Gasteiger partial charge is 0.497 e. The van der Waals surface area contributed by atoms with E-state index in [1.165, 1.54) is 0 Å². The summed E-state index contributed by atoms with van der Waals surface area (Å²) in [5.74, 6) is 2.33. The third-order valence-corrected chi connectivity index (χ3v) is 6.41. The number of aryl methyl sites for hydroxylation is 1. The number of ether oxygens (including phenoxy) is 1. The first-order valence-electron chi connectivity index (χ1n) is 12.1. The van der Waals surface area contributed by atoms with Crippen molar-refractivity contribution >= 4 is 17.5 Å². The highest BCUT2D eigenvalue weighted by Crippen LogP contribution is 2.31. The lowest BCUT2D eigenvalue weighted by Gasteiger charge is -2.26. The van der Waals surface area contributed by atoms with Crippen LogP contribution in [0.5, 0.6) is 5.75 Å². The smallest absolute Gasteiger partial charge is 0.254 e. The standard InChI is InChI=1S/C30H28N2O4/c1-35-26-13-11-22(12-14-26)30(34)32-17-16-27-24(20-32)19-28(36-27)23-8-5-9-25(18-23)31-29(33)15-10-21-6-3-2-4-7-21/h2-9,11-14,18-19H,10,15-17,20H2,1H3,(H,31,33). The second-order valence-electron chi connectivity index (χ2n) is 8.88. The molecule has 36 heavy (non-hydrogen) atoms. The summed E-state index contributed by atoms with van der Waals surface area (Å²) in [6.07, 6.45) is 1.78. The molecular formula is C30H28N2O4. The van der Waals surface area contributed by atoms with Gasteiger partial charge in [0, 0.05) is 48.3 Å². The van der Waals surface area contributed by atoms with Crippen LogP contribution in [0.1, 0.15) is 33.7 Å². The van der Waals surface area contributed by atoms with E-state index in [9.17, 15) is 9.59 Å². The lowest BCUT2D eigenvalue weighted by atomic mass is 10.1. The summed E-state index contributed by atoms with van der Waals surface area (Å²) in [6.45, 7) is 1.10. The Morgan fingerprint density at radius 3 is 2.56 bits per heavy atom. The number of rotatable bonds is 7. The summed E-state index contributed by atoms with van der Waals surface area (Å²) >= 11 is 0. The van der Waals surface area contributed by atoms with Crippen LogP contribution in [-0.2, 0) is 24.2 Å². The highest BCUT2D eigenvalue weighted by molar-refractivity contribution is 5.94. The fourth-order valence-corrected chi connectivity index (χ4v) is 4.44. The molecule has 182 valence electrons. The zero-order valence-corrected chi connectivity index (χ0v) is 20.2. The molecule has 2 amide bonds. The van der Waals surface area contributed by atoms with Crippen LogP contribution in [0.25, 0.3) is 11.3 Å². The molecule has 1 N–H and O–H groups in total. The van der Waals surface area contributed by atoms with Crippen molar-refractivity contribution in [1.29, 1.82) is 0 Å². The Kier molecular flexibility index (Phi) is 6.85. The van der Waals surface area contributed by atoms with E-state index >= 15 is 0 Å². The minimum absolute atomic E-state index is 0.00809. The van der Waals surface area contributed by atoms with Crippen LogP contribution < -0.4 is 10.1 Å². The summed E-state index contributed by atoms with van der Waals surface area (Å²) in [5.41, 5.74) is 4.41. The van der Waals surface area contributed by atoms with Crippen LogP contribution in [0.2, 0.25) is 0 Å². The average Bonchev–Trinajstić information content (AvgIpc) is 3.36. The molecule has 0 spiro atoms. The molecule has 5 rings (SSSR count). The average molecular weight is 481 g/mol. The minimum atomic E-state index is -0.0255. The normalized spacial score (nSPS) is 12.6. The van der Waals surface area contributed by atoms with E-state index in [4.69, 9.17) is 9.15 Å². The number of carbonyl (C=O) groups is 2. The molecule has 0 radical (unpaired) electrons. The van der Waals surface area contributed by atoms with Gasteiger partial charge in [-0.3, -0.25) is 9.59 Å². The van der Waals surface area contributed by atoms with Gasteiger partial charge < -0.3 is 19.4 Å². The number of nitrogens with one attached hydrogen (secondary N) is 1. The zero-order valence-electron chi connectivity index (χ0n) is 20.2. The number of hydrogen-bond acceptors (Lipinski definition) is 4. The first kappa shape index (κ1) is 23.4. The van der Waals surface area contributed by atoms with Crippen LogP contribution in [0.4, 0.5) is 5.69 Å². The maximum Gasteiger partial charge on any atom is 0.254 e. The molecular weight excluding hydrogens is 452 g/mol. The van der Waals surface area contributed by atoms with Gasteiger partial charge in [-0.2, -0.15) is 0 Å². The third kappa shape index (κ3) is 5.33. The quantitative estimate of drug-likeness (QED) is 0.367. The Bertz CT molecular complexity index is 1360. The Morgan fingerprint density at radius 2 is 1.78 bits per heavy atom. The van der Waals surface area contributed by atoms with Crippen molar-refractivity contribution in [3.63, 3.8) is 0 Å². The molecule has 0 saturated heterocycles. The highest BCUT2D eigenvalue weighted by atomic mass is 16.5. The van der Waals surface area contributed by atoms with Crippen molar-refractivity contribution in [2.24, 2.45) is 0 Å². The SMILES string of the molecule is COc1ccc(C(=O)N2CCc3oc(-c4cccc(NC(=O)CCc5ccccc5)c4)cc3C2)cc1. The fourth-order valence-electron chi connectivity index (χ4n) is 4.44. The van der Waals surface area contributed by atoms with Gasteiger partial charge >= 0.3 is 0 Å². The van der Waals surface area contributed by atoms with E-state index < -0.39 is 0 Å². The van der Waals surface area contributed by atoms with E-state index in [0.717, 1.165) is 39.6 Å². The Balaban J connectivity index is 1.24. The number of benzene rings is 3. The summed E-state index contributed by atoms with van der Waals surface area (Å²) < 4.78 is 11.3. The number of hydrogen-bond donors (Lipinski definition) is 1. The first-order chi connectivity index (χ1) is 17.6. The lowest BCUT2D eigenvalue weighted by molar-refractivity contribution is -0.116. The third-order valence-electron chi connectivity index (χ3n) is 6.41. The monoisotopic (exact) mass is 480 g/mol. The van der Waals surface area contributed by atoms with Crippen molar-refractivity contribution in [1.82, 2.24) is 4.90 Å². The van der Waals surface area contributed by atoms with Gasteiger partial charge in [-0.15, -0.1) is 0 Å². The van der Waals surface area contributed by atoms with Gasteiger partial charge in [0.1, 0.15) is 17.3 Å². The van der Waals surface area contributed by atoms with Crippen LogP contribution in [0.15, 0.2) is 89.3 Å². The molecule has 0 unspecified atom stereocenters. The van der Waals surface area contributed by atoms with Gasteiger partial charge in [-0.1, -0.05) is 42.5 Å². The molecule has 0 aliphatic carbocycles. The predicted octanol–water partition coefficient (Wildman–Crippen LogP) is 5.73. The van der Waals surface area contributed by atoms with E-state index in [0.29, 0.717) is 37.9 Å². The molecule has 0 saturated carbocycles. The number of carbonyl (C=O) groups excluding carboxylic acids is 2. The molecule has 1 aliphatic rings. The van der Waals surface area contributed by atoms with E-state index in [1.54, 1.807) is 31.4 Å². The van der Waals surface area contributed by atoms with E-state index in [-0.39, 0.29) is 11.8 Å². The maximum atomic E-state index is 13.0. The molecule has 1 aliphatic heterocycles. The minimum Gasteiger partial charge on any atom is -0.497 e. The molecule has 0 fully saturated rings. The second kappa shape index (κ2) is 10.5. The molecule has 3 aromatic carbocycles. The molecule has 0 bridgehead atoms. The topological polar surface area (TPSA) is 71.8 Å². The first-order valence-corrected chi connectivity index (χ1v) is 12.1. The fraction of sp³-hybridized carbons (Fsp3) is 0.200. The summed E-state index contributed by atoms with van der Waals surface area (Å²) in [5, 5.41) is 2.99. The molecule has 1 aromatic heterocycles. The van der Waals surface area contributed by atoms with Crippen LogP contribution in [0, 0.1) is 0 Å². The second-order valence-corrected chi connectivity index (χ2v) is 8.88. The molecule has 6 nitrogen and oxygen atoms in total. The van der Waals surface area contributed by atoms with Gasteiger partial charge in [0.2, 0.25) is 5.91 Å². The Hall–Kier alpha value is -4.32. The van der Waals surface area contributed by atoms with Crippen molar-refractivity contribution in [3.8, 4) is 17.1 Å². The molecule has 4 aromatic rings. The Labute approximate surface area is 210 Å². The van der Waals surface area contributed by atoms with Crippen molar-refractivity contribution in [2.45, 2.75) is 25.8 Å². The van der Waals surface area contributed by atoms with Crippen LogP contribution in [0.3, 0.4) is 0 Å². The molecule has 0 atom stereocenters. The highest BCUT2D eigenvalue weighted by Gasteiger charge is 2.25. The number of nitrogens with zero attached hydrogens (tertiary/aromatic N) is 1. The van der Waals surface area contributed by atoms with E-state index in [2.05, 4.69) is 5.32 Å². The number of furan rings is 1. The number of fused-ring (bicyclic) bond motifs is 1. The van der Waals surface area contributed by atoms with Crippen LogP contribution in [-0.4, -0.2) is 30.4 Å². The zero-order chi connectivity index (χ0) is 24.9. The maximum absolute atomic E-state index is 13.0. The summed E-state index contributed by atoms with van der Waals surface area (Å²) in [4.78, 5) is 27.3. The van der Waals surface area contributed by atoms with Gasteiger partial charge in [0.25, 0.3) is 5.91 Å². The van der Waals surface area contributed by atoms with Crippen molar-refractivity contribution < 1.29 is 18.7 Å². The molecule has 6 heteroatoms. The van der Waals surface area contributed by atoms with Gasteiger partial charge in [-0.05, 0) is 54.4 Å². The number of amides is 2. The summed E-state index contributed by atoms with van der Waals surface area (Å²) in [7, 11) is 1.61. The van der Waals surface area contributed by atoms with Crippen molar-refractivity contribution in [2.75, 3.05) is 19.0 Å². The van der Waals surface area contributed by atoms with Gasteiger partial charge in [0.05, 0.1) is 7.11 Å².